The molecule has 120 valence electrons. The second-order valence-electron chi connectivity index (χ2n) is 5.98. The van der Waals surface area contributed by atoms with E-state index in [9.17, 15) is 9.59 Å². The summed E-state index contributed by atoms with van der Waals surface area (Å²) in [6.45, 7) is 3.92. The van der Waals surface area contributed by atoms with Crippen molar-refractivity contribution in [1.29, 1.82) is 0 Å². The number of pyridine rings is 1. The molecule has 0 radical (unpaired) electrons. The summed E-state index contributed by atoms with van der Waals surface area (Å²) in [6, 6.07) is 3.61. The molecule has 0 unspecified atom stereocenters. The molecule has 3 rings (SSSR count). The van der Waals surface area contributed by atoms with Gasteiger partial charge in [-0.3, -0.25) is 14.6 Å². The van der Waals surface area contributed by atoms with Crippen molar-refractivity contribution in [2.24, 2.45) is 0 Å². The molecule has 0 bridgehead atoms. The molecular formula is C17H20N4O2. The Balaban J connectivity index is 1.77. The fourth-order valence-electron chi connectivity index (χ4n) is 2.44. The van der Waals surface area contributed by atoms with Gasteiger partial charge in [-0.25, -0.2) is 4.98 Å². The fourth-order valence-corrected chi connectivity index (χ4v) is 2.44. The first kappa shape index (κ1) is 15.4. The van der Waals surface area contributed by atoms with Gasteiger partial charge in [-0.1, -0.05) is 13.0 Å². The van der Waals surface area contributed by atoms with Crippen LogP contribution in [-0.4, -0.2) is 20.9 Å². The lowest BCUT2D eigenvalue weighted by Crippen LogP contribution is -2.33. The monoisotopic (exact) mass is 312 g/mol. The van der Waals surface area contributed by atoms with Crippen molar-refractivity contribution >= 4 is 5.91 Å². The topological polar surface area (TPSA) is 87.7 Å². The maximum atomic E-state index is 12.4. The van der Waals surface area contributed by atoms with Crippen molar-refractivity contribution in [3.05, 3.63) is 57.5 Å². The predicted octanol–water partition coefficient (Wildman–Crippen LogP) is 2.23. The largest absolute Gasteiger partial charge is 0.343 e. The van der Waals surface area contributed by atoms with E-state index in [0.717, 1.165) is 24.1 Å². The molecule has 6 nitrogen and oxygen atoms in total. The van der Waals surface area contributed by atoms with Crippen molar-refractivity contribution in [3.63, 3.8) is 0 Å². The van der Waals surface area contributed by atoms with Crippen LogP contribution >= 0.6 is 0 Å². The van der Waals surface area contributed by atoms with Crippen LogP contribution in [0.2, 0.25) is 0 Å². The van der Waals surface area contributed by atoms with E-state index in [1.165, 1.54) is 6.20 Å². The van der Waals surface area contributed by atoms with Gasteiger partial charge >= 0.3 is 0 Å². The summed E-state index contributed by atoms with van der Waals surface area (Å²) in [4.78, 5) is 35.7. The summed E-state index contributed by atoms with van der Waals surface area (Å²) >= 11 is 0. The van der Waals surface area contributed by atoms with E-state index in [1.807, 2.05) is 26.0 Å². The third kappa shape index (κ3) is 3.47. The number of nitrogens with one attached hydrogen (secondary N) is 2. The van der Waals surface area contributed by atoms with Crippen molar-refractivity contribution in [2.45, 2.75) is 45.1 Å². The summed E-state index contributed by atoms with van der Waals surface area (Å²) in [5.74, 6) is 0.606. The molecule has 0 spiro atoms. The number of carbonyl (C=O) groups is 1. The van der Waals surface area contributed by atoms with E-state index >= 15 is 0 Å². The van der Waals surface area contributed by atoms with E-state index in [-0.39, 0.29) is 17.2 Å². The van der Waals surface area contributed by atoms with Crippen LogP contribution in [0.3, 0.4) is 0 Å². The minimum absolute atomic E-state index is 0.0416. The van der Waals surface area contributed by atoms with E-state index < -0.39 is 5.91 Å². The summed E-state index contributed by atoms with van der Waals surface area (Å²) in [5.41, 5.74) is 1.50. The zero-order valence-electron chi connectivity index (χ0n) is 13.3. The lowest BCUT2D eigenvalue weighted by Gasteiger charge is -2.16. The maximum Gasteiger partial charge on any atom is 0.263 e. The van der Waals surface area contributed by atoms with Crippen molar-refractivity contribution < 1.29 is 4.79 Å². The number of aromatic nitrogens is 3. The molecule has 1 atom stereocenters. The predicted molar refractivity (Wildman–Crippen MR) is 86.3 cm³/mol. The lowest BCUT2D eigenvalue weighted by molar-refractivity contribution is 0.0932. The highest BCUT2D eigenvalue weighted by Crippen LogP contribution is 2.37. The van der Waals surface area contributed by atoms with Gasteiger partial charge in [0.1, 0.15) is 11.4 Å². The SMILES string of the molecule is CC[C@H](NC(=O)c1cnc(C2CC2)[nH]c1=O)c1ccc(C)cn1. The molecule has 0 aromatic carbocycles. The minimum atomic E-state index is -0.421. The molecule has 1 amide bonds. The molecule has 1 fully saturated rings. The van der Waals surface area contributed by atoms with E-state index in [4.69, 9.17) is 0 Å². The second kappa shape index (κ2) is 6.32. The Morgan fingerprint density at radius 3 is 2.70 bits per heavy atom. The van der Waals surface area contributed by atoms with Crippen molar-refractivity contribution in [1.82, 2.24) is 20.3 Å². The van der Waals surface area contributed by atoms with Gasteiger partial charge in [-0.15, -0.1) is 0 Å². The highest BCUT2D eigenvalue weighted by atomic mass is 16.2. The smallest absolute Gasteiger partial charge is 0.263 e. The van der Waals surface area contributed by atoms with Gasteiger partial charge in [0.05, 0.1) is 11.7 Å². The summed E-state index contributed by atoms with van der Waals surface area (Å²) in [7, 11) is 0. The van der Waals surface area contributed by atoms with Crippen molar-refractivity contribution in [3.8, 4) is 0 Å². The van der Waals surface area contributed by atoms with Gasteiger partial charge in [0, 0.05) is 18.3 Å². The molecular weight excluding hydrogens is 292 g/mol. The Hall–Kier alpha value is -2.50. The highest BCUT2D eigenvalue weighted by Gasteiger charge is 2.27. The molecule has 1 saturated carbocycles. The average Bonchev–Trinajstić information content (AvgIpc) is 3.38. The first-order valence-electron chi connectivity index (χ1n) is 7.91. The average molecular weight is 312 g/mol. The first-order valence-corrected chi connectivity index (χ1v) is 7.91. The molecule has 0 aliphatic heterocycles. The third-order valence-electron chi connectivity index (χ3n) is 4.03. The van der Waals surface area contributed by atoms with Gasteiger partial charge in [0.2, 0.25) is 0 Å². The molecule has 2 aromatic rings. The van der Waals surface area contributed by atoms with Crippen LogP contribution < -0.4 is 10.9 Å². The van der Waals surface area contributed by atoms with Crippen LogP contribution in [0.15, 0.2) is 29.3 Å². The quantitative estimate of drug-likeness (QED) is 0.886. The maximum absolute atomic E-state index is 12.4. The van der Waals surface area contributed by atoms with Gasteiger partial charge in [-0.2, -0.15) is 0 Å². The number of aromatic amines is 1. The molecule has 1 aliphatic carbocycles. The van der Waals surface area contributed by atoms with E-state index in [0.29, 0.717) is 18.2 Å². The molecule has 2 N–H and O–H groups in total. The van der Waals surface area contributed by atoms with Crippen LogP contribution in [0.1, 0.15) is 65.6 Å². The molecule has 2 heterocycles. The standard InChI is InChI=1S/C17H20N4O2/c1-3-13(14-7-4-10(2)8-18-14)20-16(22)12-9-19-15(11-5-6-11)21-17(12)23/h4,7-9,11,13H,3,5-6H2,1-2H3,(H,20,22)(H,19,21,23)/t13-/m0/s1. The van der Waals surface area contributed by atoms with Gasteiger partial charge < -0.3 is 10.3 Å². The normalized spacial score (nSPS) is 15.2. The second-order valence-corrected chi connectivity index (χ2v) is 5.98. The molecule has 1 aliphatic rings. The van der Waals surface area contributed by atoms with Gasteiger partial charge in [0.15, 0.2) is 0 Å². The summed E-state index contributed by atoms with van der Waals surface area (Å²) in [6.07, 6.45) is 5.92. The number of hydrogen-bond acceptors (Lipinski definition) is 4. The van der Waals surface area contributed by atoms with Crippen LogP contribution in [0.25, 0.3) is 0 Å². The van der Waals surface area contributed by atoms with Crippen LogP contribution in [-0.2, 0) is 0 Å². The zero-order chi connectivity index (χ0) is 16.4. The first-order chi connectivity index (χ1) is 11.1. The third-order valence-corrected chi connectivity index (χ3v) is 4.03. The number of rotatable bonds is 5. The molecule has 0 saturated heterocycles. The Morgan fingerprint density at radius 1 is 1.35 bits per heavy atom. The molecule has 2 aromatic heterocycles. The number of nitrogens with zero attached hydrogens (tertiary/aromatic N) is 2. The summed E-state index contributed by atoms with van der Waals surface area (Å²) < 4.78 is 0. The number of aryl methyl sites for hydroxylation is 1. The number of H-pyrrole nitrogens is 1. The van der Waals surface area contributed by atoms with Crippen LogP contribution in [0.4, 0.5) is 0 Å². The Bertz CT molecular complexity index is 763. The van der Waals surface area contributed by atoms with E-state index in [1.54, 1.807) is 6.20 Å². The Labute approximate surface area is 134 Å². The summed E-state index contributed by atoms with van der Waals surface area (Å²) in [5, 5.41) is 2.86. The van der Waals surface area contributed by atoms with Gasteiger partial charge in [-0.05, 0) is 37.8 Å². The highest BCUT2D eigenvalue weighted by molar-refractivity contribution is 5.93. The van der Waals surface area contributed by atoms with Crippen LogP contribution in [0, 0.1) is 6.92 Å². The minimum Gasteiger partial charge on any atom is -0.343 e. The lowest BCUT2D eigenvalue weighted by atomic mass is 10.1. The fraction of sp³-hybridized carbons (Fsp3) is 0.412. The number of amides is 1. The number of hydrogen-bond donors (Lipinski definition) is 2. The Morgan fingerprint density at radius 2 is 2.13 bits per heavy atom. The molecule has 6 heteroatoms. The van der Waals surface area contributed by atoms with E-state index in [2.05, 4.69) is 20.3 Å². The van der Waals surface area contributed by atoms with Gasteiger partial charge in [0.25, 0.3) is 11.5 Å². The molecule has 23 heavy (non-hydrogen) atoms. The van der Waals surface area contributed by atoms with Crippen LogP contribution in [0.5, 0.6) is 0 Å². The number of carbonyl (C=O) groups excluding carboxylic acids is 1. The zero-order valence-corrected chi connectivity index (χ0v) is 13.3. The van der Waals surface area contributed by atoms with Crippen molar-refractivity contribution in [2.75, 3.05) is 0 Å². The Kier molecular flexibility index (Phi) is 4.23.